The summed E-state index contributed by atoms with van der Waals surface area (Å²) >= 11 is 0. The third-order valence-corrected chi connectivity index (χ3v) is 2.33. The second-order valence-corrected chi connectivity index (χ2v) is 3.33. The van der Waals surface area contributed by atoms with Crippen LogP contribution in [0.15, 0.2) is 23.5 Å². The molecular formula is C10H12N4O. The second-order valence-electron chi connectivity index (χ2n) is 3.33. The summed E-state index contributed by atoms with van der Waals surface area (Å²) in [5, 5.41) is 4.04. The Labute approximate surface area is 86.8 Å². The van der Waals surface area contributed by atoms with Gasteiger partial charge in [0.2, 0.25) is 0 Å². The highest BCUT2D eigenvalue weighted by molar-refractivity contribution is 5.37. The monoisotopic (exact) mass is 204 g/mol. The Morgan fingerprint density at radius 1 is 1.53 bits per heavy atom. The molecule has 15 heavy (non-hydrogen) atoms. The van der Waals surface area contributed by atoms with E-state index in [1.54, 1.807) is 11.0 Å². The topological polar surface area (TPSA) is 63.6 Å². The summed E-state index contributed by atoms with van der Waals surface area (Å²) in [5.74, 6) is 0. The van der Waals surface area contributed by atoms with Crippen LogP contribution in [-0.2, 0) is 6.42 Å². The zero-order valence-corrected chi connectivity index (χ0v) is 8.69. The Kier molecular flexibility index (Phi) is 2.37. The van der Waals surface area contributed by atoms with Crippen molar-refractivity contribution < 1.29 is 0 Å². The Hall–Kier alpha value is -1.91. The molecule has 0 radical (unpaired) electrons. The average molecular weight is 204 g/mol. The molecule has 78 valence electrons. The van der Waals surface area contributed by atoms with Crippen molar-refractivity contribution in [3.8, 4) is 5.69 Å². The fraction of sp³-hybridized carbons (Fsp3) is 0.300. The first-order chi connectivity index (χ1) is 7.22. The molecule has 2 aromatic rings. The van der Waals surface area contributed by atoms with Crippen LogP contribution in [0, 0.1) is 6.92 Å². The van der Waals surface area contributed by atoms with Crippen LogP contribution in [0.25, 0.3) is 5.69 Å². The Morgan fingerprint density at radius 3 is 2.93 bits per heavy atom. The fourth-order valence-corrected chi connectivity index (χ4v) is 1.49. The molecule has 0 aromatic carbocycles. The lowest BCUT2D eigenvalue weighted by atomic mass is 10.2. The van der Waals surface area contributed by atoms with Crippen molar-refractivity contribution in [3.05, 3.63) is 40.3 Å². The van der Waals surface area contributed by atoms with Crippen LogP contribution >= 0.6 is 0 Å². The standard InChI is InChI=1S/C10H12N4O/c1-3-8-4-9(7(2)13-10(8)15)14-6-11-5-12-14/h4-6H,3H2,1-2H3,(H,13,15). The van der Waals surface area contributed by atoms with Crippen LogP contribution in [-0.4, -0.2) is 19.7 Å². The number of H-pyrrole nitrogens is 1. The molecule has 0 aliphatic carbocycles. The molecule has 5 heteroatoms. The predicted molar refractivity (Wildman–Crippen MR) is 56.1 cm³/mol. The zero-order chi connectivity index (χ0) is 10.8. The average Bonchev–Trinajstić information content (AvgIpc) is 2.71. The first-order valence-corrected chi connectivity index (χ1v) is 4.80. The normalized spacial score (nSPS) is 10.5. The SMILES string of the molecule is CCc1cc(-n2cncn2)c(C)[nH]c1=O. The smallest absolute Gasteiger partial charge is 0.251 e. The minimum absolute atomic E-state index is 0.0288. The molecule has 0 unspecified atom stereocenters. The molecule has 0 atom stereocenters. The maximum Gasteiger partial charge on any atom is 0.251 e. The van der Waals surface area contributed by atoms with E-state index in [-0.39, 0.29) is 5.56 Å². The van der Waals surface area contributed by atoms with Crippen molar-refractivity contribution in [2.45, 2.75) is 20.3 Å². The van der Waals surface area contributed by atoms with E-state index in [4.69, 9.17) is 0 Å². The summed E-state index contributed by atoms with van der Waals surface area (Å²) in [6, 6.07) is 1.85. The highest BCUT2D eigenvalue weighted by atomic mass is 16.1. The Balaban J connectivity index is 2.62. The van der Waals surface area contributed by atoms with E-state index in [0.29, 0.717) is 6.42 Å². The van der Waals surface area contributed by atoms with Gasteiger partial charge in [0.05, 0.1) is 5.69 Å². The summed E-state index contributed by atoms with van der Waals surface area (Å²) in [7, 11) is 0. The number of aromatic nitrogens is 4. The number of nitrogens with one attached hydrogen (secondary N) is 1. The summed E-state index contributed by atoms with van der Waals surface area (Å²) in [4.78, 5) is 18.2. The fourth-order valence-electron chi connectivity index (χ4n) is 1.49. The van der Waals surface area contributed by atoms with Gasteiger partial charge in [-0.3, -0.25) is 4.79 Å². The zero-order valence-electron chi connectivity index (χ0n) is 8.69. The summed E-state index contributed by atoms with van der Waals surface area (Å²) in [6.07, 6.45) is 3.79. The lowest BCUT2D eigenvalue weighted by molar-refractivity contribution is 0.849. The van der Waals surface area contributed by atoms with E-state index in [9.17, 15) is 4.79 Å². The Morgan fingerprint density at radius 2 is 2.33 bits per heavy atom. The lowest BCUT2D eigenvalue weighted by Gasteiger charge is -2.06. The number of nitrogens with zero attached hydrogens (tertiary/aromatic N) is 3. The number of hydrogen-bond donors (Lipinski definition) is 1. The third-order valence-electron chi connectivity index (χ3n) is 2.33. The molecular weight excluding hydrogens is 192 g/mol. The summed E-state index contributed by atoms with van der Waals surface area (Å²) < 4.78 is 1.64. The largest absolute Gasteiger partial charge is 0.324 e. The van der Waals surface area contributed by atoms with Gasteiger partial charge in [-0.15, -0.1) is 0 Å². The van der Waals surface area contributed by atoms with Crippen LogP contribution in [0.2, 0.25) is 0 Å². The van der Waals surface area contributed by atoms with Crippen molar-refractivity contribution in [2.75, 3.05) is 0 Å². The lowest BCUT2D eigenvalue weighted by Crippen LogP contribution is -2.15. The van der Waals surface area contributed by atoms with Crippen molar-refractivity contribution in [3.63, 3.8) is 0 Å². The van der Waals surface area contributed by atoms with E-state index >= 15 is 0 Å². The molecule has 0 amide bonds. The van der Waals surface area contributed by atoms with Gasteiger partial charge in [0.15, 0.2) is 0 Å². The van der Waals surface area contributed by atoms with E-state index in [2.05, 4.69) is 15.1 Å². The Bertz CT molecular complexity index is 513. The van der Waals surface area contributed by atoms with Gasteiger partial charge >= 0.3 is 0 Å². The van der Waals surface area contributed by atoms with Crippen LogP contribution in [0.5, 0.6) is 0 Å². The van der Waals surface area contributed by atoms with Gasteiger partial charge in [0.1, 0.15) is 12.7 Å². The van der Waals surface area contributed by atoms with Crippen molar-refractivity contribution >= 4 is 0 Å². The minimum Gasteiger partial charge on any atom is -0.324 e. The van der Waals surface area contributed by atoms with Crippen LogP contribution in [0.1, 0.15) is 18.2 Å². The van der Waals surface area contributed by atoms with E-state index in [1.165, 1.54) is 6.33 Å². The number of rotatable bonds is 2. The molecule has 2 aromatic heterocycles. The van der Waals surface area contributed by atoms with Crippen molar-refractivity contribution in [1.29, 1.82) is 0 Å². The molecule has 0 saturated carbocycles. The highest BCUT2D eigenvalue weighted by Crippen LogP contribution is 2.09. The van der Waals surface area contributed by atoms with Gasteiger partial charge in [-0.25, -0.2) is 9.67 Å². The molecule has 5 nitrogen and oxygen atoms in total. The molecule has 0 aliphatic rings. The number of hydrogen-bond acceptors (Lipinski definition) is 3. The predicted octanol–water partition coefficient (Wildman–Crippen LogP) is 0.826. The maximum absolute atomic E-state index is 11.5. The van der Waals surface area contributed by atoms with Gasteiger partial charge < -0.3 is 4.98 Å². The molecule has 0 saturated heterocycles. The first kappa shape index (κ1) is 9.64. The van der Waals surface area contributed by atoms with E-state index in [0.717, 1.165) is 16.9 Å². The van der Waals surface area contributed by atoms with Gasteiger partial charge in [-0.1, -0.05) is 6.92 Å². The quantitative estimate of drug-likeness (QED) is 0.787. The van der Waals surface area contributed by atoms with Gasteiger partial charge in [-0.2, -0.15) is 5.10 Å². The summed E-state index contributed by atoms with van der Waals surface area (Å²) in [6.45, 7) is 3.79. The molecule has 1 N–H and O–H groups in total. The number of aromatic amines is 1. The third kappa shape index (κ3) is 1.68. The maximum atomic E-state index is 11.5. The van der Waals surface area contributed by atoms with Crippen LogP contribution in [0.3, 0.4) is 0 Å². The minimum atomic E-state index is -0.0288. The van der Waals surface area contributed by atoms with Crippen LogP contribution < -0.4 is 5.56 Å². The molecule has 2 heterocycles. The number of pyridine rings is 1. The first-order valence-electron chi connectivity index (χ1n) is 4.80. The van der Waals surface area contributed by atoms with Gasteiger partial charge in [-0.05, 0) is 19.4 Å². The van der Waals surface area contributed by atoms with E-state index in [1.807, 2.05) is 19.9 Å². The van der Waals surface area contributed by atoms with Crippen LogP contribution in [0.4, 0.5) is 0 Å². The van der Waals surface area contributed by atoms with Crippen molar-refractivity contribution in [1.82, 2.24) is 19.7 Å². The molecule has 0 fully saturated rings. The summed E-state index contributed by atoms with van der Waals surface area (Å²) in [5.41, 5.74) is 2.39. The van der Waals surface area contributed by atoms with Crippen molar-refractivity contribution in [2.24, 2.45) is 0 Å². The molecule has 0 aliphatic heterocycles. The molecule has 2 rings (SSSR count). The molecule has 0 bridgehead atoms. The van der Waals surface area contributed by atoms with Gasteiger partial charge in [0.25, 0.3) is 5.56 Å². The highest BCUT2D eigenvalue weighted by Gasteiger charge is 2.06. The second kappa shape index (κ2) is 3.68. The molecule has 0 spiro atoms. The van der Waals surface area contributed by atoms with E-state index < -0.39 is 0 Å². The van der Waals surface area contributed by atoms with Gasteiger partial charge in [0, 0.05) is 11.3 Å². The number of aryl methyl sites for hydroxylation is 2.